The third-order valence-corrected chi connectivity index (χ3v) is 6.18. The number of imidazole rings is 1. The molecule has 0 fully saturated rings. The van der Waals surface area contributed by atoms with Crippen LogP contribution in [0.4, 0.5) is 5.69 Å². The highest BCUT2D eigenvalue weighted by Gasteiger charge is 2.19. The molecule has 5 rings (SSSR count). The van der Waals surface area contributed by atoms with Gasteiger partial charge in [0.15, 0.2) is 11.0 Å². The van der Waals surface area contributed by atoms with E-state index in [1.54, 1.807) is 0 Å². The van der Waals surface area contributed by atoms with Gasteiger partial charge < -0.3 is 9.30 Å². The van der Waals surface area contributed by atoms with E-state index in [1.165, 1.54) is 38.8 Å². The van der Waals surface area contributed by atoms with Crippen molar-refractivity contribution < 1.29 is 4.57 Å². The van der Waals surface area contributed by atoms with E-state index in [0.717, 1.165) is 16.5 Å². The SMILES string of the molecule is C=c1[nH]c2c3c(=Cc4ccc(N(C)C)cc4)c(-c4ccccc4)c(C)n3ccc2[n+]1C. The summed E-state index contributed by atoms with van der Waals surface area (Å²) in [6.07, 6.45) is 4.46. The van der Waals surface area contributed by atoms with E-state index in [1.807, 2.05) is 0 Å². The molecule has 4 heteroatoms. The lowest BCUT2D eigenvalue weighted by Gasteiger charge is -2.11. The Hall–Kier alpha value is -3.79. The average Bonchev–Trinajstić information content (AvgIpc) is 3.22. The molecule has 0 atom stereocenters. The summed E-state index contributed by atoms with van der Waals surface area (Å²) < 4.78 is 4.40. The van der Waals surface area contributed by atoms with Crippen LogP contribution >= 0.6 is 0 Å². The number of rotatable bonds is 3. The fourth-order valence-electron chi connectivity index (χ4n) is 4.44. The van der Waals surface area contributed by atoms with Crippen LogP contribution in [0.5, 0.6) is 0 Å². The fourth-order valence-corrected chi connectivity index (χ4v) is 4.44. The summed E-state index contributed by atoms with van der Waals surface area (Å²) in [5.41, 5.74) is 10.4. The number of hydrogen-bond donors (Lipinski definition) is 1. The van der Waals surface area contributed by atoms with E-state index in [9.17, 15) is 0 Å². The molecule has 3 heterocycles. The number of benzene rings is 2. The first-order valence-corrected chi connectivity index (χ1v) is 10.5. The Balaban J connectivity index is 1.92. The zero-order valence-corrected chi connectivity index (χ0v) is 18.5. The van der Waals surface area contributed by atoms with Gasteiger partial charge in [0.1, 0.15) is 5.52 Å². The number of aromatic nitrogens is 3. The van der Waals surface area contributed by atoms with E-state index < -0.39 is 0 Å². The number of nitrogens with zero attached hydrogens (tertiary/aromatic N) is 3. The Morgan fingerprint density at radius 3 is 2.39 bits per heavy atom. The number of fused-ring (bicyclic) bond motifs is 3. The third-order valence-electron chi connectivity index (χ3n) is 6.18. The zero-order valence-electron chi connectivity index (χ0n) is 18.5. The number of aryl methyl sites for hydroxylation is 2. The van der Waals surface area contributed by atoms with Crippen LogP contribution < -0.4 is 20.2 Å². The maximum absolute atomic E-state index is 4.17. The number of hydrogen-bond acceptors (Lipinski definition) is 1. The summed E-state index contributed by atoms with van der Waals surface area (Å²) in [5, 5.41) is 1.22. The monoisotopic (exact) mass is 407 g/mol. The van der Waals surface area contributed by atoms with E-state index in [0.29, 0.717) is 0 Å². The predicted molar refractivity (Wildman–Crippen MR) is 130 cm³/mol. The molecule has 2 aromatic carbocycles. The molecule has 0 amide bonds. The van der Waals surface area contributed by atoms with Crippen molar-refractivity contribution in [2.24, 2.45) is 7.05 Å². The summed E-state index contributed by atoms with van der Waals surface area (Å²) >= 11 is 0. The van der Waals surface area contributed by atoms with Crippen molar-refractivity contribution >= 4 is 34.9 Å². The van der Waals surface area contributed by atoms with Crippen LogP contribution in [0, 0.1) is 6.92 Å². The molecule has 4 nitrogen and oxygen atoms in total. The second kappa shape index (κ2) is 7.17. The van der Waals surface area contributed by atoms with Crippen molar-refractivity contribution in [1.29, 1.82) is 0 Å². The van der Waals surface area contributed by atoms with Crippen molar-refractivity contribution in [2.75, 3.05) is 19.0 Å². The molecule has 1 N–H and O–H groups in total. The molecule has 0 saturated heterocycles. The van der Waals surface area contributed by atoms with Crippen molar-refractivity contribution in [3.63, 3.8) is 0 Å². The first kappa shape index (κ1) is 19.2. The molecule has 0 spiro atoms. The smallest absolute Gasteiger partial charge is 0.272 e. The number of H-pyrrole nitrogens is 1. The van der Waals surface area contributed by atoms with Gasteiger partial charge in [-0.15, -0.1) is 0 Å². The van der Waals surface area contributed by atoms with Crippen LogP contribution in [-0.4, -0.2) is 23.5 Å². The van der Waals surface area contributed by atoms with Gasteiger partial charge in [-0.05, 0) is 42.8 Å². The highest BCUT2D eigenvalue weighted by atomic mass is 15.1. The Labute approximate surface area is 182 Å². The fraction of sp³-hybridized carbons (Fsp3) is 0.148. The van der Waals surface area contributed by atoms with E-state index in [-0.39, 0.29) is 0 Å². The topological polar surface area (TPSA) is 27.3 Å². The Morgan fingerprint density at radius 1 is 1.00 bits per heavy atom. The summed E-state index contributed by atoms with van der Waals surface area (Å²) in [5.74, 6) is 0. The van der Waals surface area contributed by atoms with Crippen LogP contribution in [0.3, 0.4) is 0 Å². The van der Waals surface area contributed by atoms with Gasteiger partial charge in [0.2, 0.25) is 0 Å². The molecule has 0 aliphatic rings. The standard InChI is InChI=1S/C27H27N4/c1-18-25(21-9-7-6-8-10-21)23(17-20-11-13-22(14-12-20)29(3)4)27-26-24(15-16-31(18)27)30(5)19(2)28-26/h6-17,28H,2H2,1,3-5H3/q+1. The summed E-state index contributed by atoms with van der Waals surface area (Å²) in [7, 11) is 6.18. The molecule has 0 unspecified atom stereocenters. The van der Waals surface area contributed by atoms with Gasteiger partial charge in [-0.1, -0.05) is 42.5 Å². The number of pyridine rings is 1. The Kier molecular flexibility index (Phi) is 4.44. The van der Waals surface area contributed by atoms with Gasteiger partial charge >= 0.3 is 0 Å². The van der Waals surface area contributed by atoms with Crippen LogP contribution in [0.2, 0.25) is 0 Å². The number of aromatic amines is 1. The molecule has 0 aliphatic heterocycles. The lowest BCUT2D eigenvalue weighted by atomic mass is 10.0. The molecular formula is C27H27N4+. The van der Waals surface area contributed by atoms with Gasteiger partial charge in [-0.25, -0.2) is 9.55 Å². The quantitative estimate of drug-likeness (QED) is 0.455. The lowest BCUT2D eigenvalue weighted by Crippen LogP contribution is -2.43. The van der Waals surface area contributed by atoms with Crippen LogP contribution in [0.1, 0.15) is 11.3 Å². The van der Waals surface area contributed by atoms with Crippen molar-refractivity contribution in [3.05, 3.63) is 88.8 Å². The zero-order chi connectivity index (χ0) is 21.7. The number of nitrogens with one attached hydrogen (secondary N) is 1. The number of anilines is 1. The molecule has 31 heavy (non-hydrogen) atoms. The summed E-state index contributed by atoms with van der Waals surface area (Å²) in [6, 6.07) is 21.5. The molecule has 154 valence electrons. The summed E-state index contributed by atoms with van der Waals surface area (Å²) in [4.78, 5) is 5.64. The predicted octanol–water partition coefficient (Wildman–Crippen LogP) is 3.53. The first-order valence-electron chi connectivity index (χ1n) is 10.5. The van der Waals surface area contributed by atoms with Crippen molar-refractivity contribution in [3.8, 4) is 11.1 Å². The second-order valence-electron chi connectivity index (χ2n) is 8.30. The normalized spacial score (nSPS) is 12.2. The highest BCUT2D eigenvalue weighted by molar-refractivity contribution is 5.93. The van der Waals surface area contributed by atoms with E-state index in [4.69, 9.17) is 0 Å². The molecular weight excluding hydrogens is 380 g/mol. The average molecular weight is 408 g/mol. The van der Waals surface area contributed by atoms with Crippen molar-refractivity contribution in [2.45, 2.75) is 6.92 Å². The van der Waals surface area contributed by atoms with Gasteiger partial charge in [-0.2, -0.15) is 0 Å². The van der Waals surface area contributed by atoms with Crippen LogP contribution in [0.15, 0.2) is 66.9 Å². The van der Waals surface area contributed by atoms with Crippen molar-refractivity contribution in [1.82, 2.24) is 9.38 Å². The molecule has 0 bridgehead atoms. The van der Waals surface area contributed by atoms with Gasteiger partial charge in [0.25, 0.3) is 5.48 Å². The molecule has 0 radical (unpaired) electrons. The Morgan fingerprint density at radius 2 is 1.71 bits per heavy atom. The van der Waals surface area contributed by atoms with E-state index in [2.05, 4.69) is 126 Å². The van der Waals surface area contributed by atoms with Crippen LogP contribution in [-0.2, 0) is 7.05 Å². The molecule has 0 aliphatic carbocycles. The molecule has 0 saturated carbocycles. The highest BCUT2D eigenvalue weighted by Crippen LogP contribution is 2.25. The minimum Gasteiger partial charge on any atom is -0.378 e. The maximum Gasteiger partial charge on any atom is 0.272 e. The van der Waals surface area contributed by atoms with Crippen LogP contribution in [0.25, 0.3) is 40.3 Å². The minimum atomic E-state index is 0.893. The first-order chi connectivity index (χ1) is 15.0. The molecule has 3 aromatic heterocycles. The third kappa shape index (κ3) is 3.03. The second-order valence-corrected chi connectivity index (χ2v) is 8.30. The van der Waals surface area contributed by atoms with E-state index >= 15 is 0 Å². The van der Waals surface area contributed by atoms with Gasteiger partial charge in [0, 0.05) is 48.5 Å². The maximum atomic E-state index is 4.17. The lowest BCUT2D eigenvalue weighted by molar-refractivity contribution is -0.658. The Bertz CT molecular complexity index is 1520. The summed E-state index contributed by atoms with van der Waals surface area (Å²) in [6.45, 7) is 6.37. The van der Waals surface area contributed by atoms with Gasteiger partial charge in [-0.3, -0.25) is 0 Å². The molecule has 5 aromatic rings. The van der Waals surface area contributed by atoms with Gasteiger partial charge in [0.05, 0.1) is 7.05 Å². The largest absolute Gasteiger partial charge is 0.378 e. The minimum absolute atomic E-state index is 0.893.